The fourth-order valence-electron chi connectivity index (χ4n) is 1.52. The van der Waals surface area contributed by atoms with Gasteiger partial charge in [0.25, 0.3) is 0 Å². The first-order valence-electron chi connectivity index (χ1n) is 6.60. The Hall–Kier alpha value is -2.69. The molecular weight excluding hydrogens is 342 g/mol. The fraction of sp³-hybridized carbons (Fsp3) is 0. The van der Waals surface area contributed by atoms with E-state index in [9.17, 15) is 10.2 Å². The maximum absolute atomic E-state index is 9.44. The molecule has 0 saturated heterocycles. The van der Waals surface area contributed by atoms with E-state index in [2.05, 4.69) is 15.2 Å². The SMILES string of the molecule is Oc1ccccc1N=Nc1ccccc1O.[Cu].c1ccncc1. The van der Waals surface area contributed by atoms with Crippen molar-refractivity contribution in [2.24, 2.45) is 10.2 Å². The molecule has 5 nitrogen and oxygen atoms in total. The van der Waals surface area contributed by atoms with Crippen LogP contribution in [0.1, 0.15) is 0 Å². The van der Waals surface area contributed by atoms with Crippen LogP contribution in [0.4, 0.5) is 11.4 Å². The van der Waals surface area contributed by atoms with Crippen LogP contribution >= 0.6 is 0 Å². The average Bonchev–Trinajstić information content (AvgIpc) is 2.58. The molecule has 6 heteroatoms. The van der Waals surface area contributed by atoms with Crippen LogP contribution < -0.4 is 0 Å². The minimum atomic E-state index is 0. The predicted molar refractivity (Wildman–Crippen MR) is 84.6 cm³/mol. The van der Waals surface area contributed by atoms with Gasteiger partial charge in [0, 0.05) is 29.5 Å². The minimum Gasteiger partial charge on any atom is -0.506 e. The smallest absolute Gasteiger partial charge is 0.143 e. The van der Waals surface area contributed by atoms with Crippen molar-refractivity contribution in [1.29, 1.82) is 0 Å². The molecule has 0 bridgehead atoms. The number of hydrogen-bond acceptors (Lipinski definition) is 5. The van der Waals surface area contributed by atoms with Crippen LogP contribution in [-0.4, -0.2) is 15.2 Å². The molecule has 0 saturated carbocycles. The van der Waals surface area contributed by atoms with Crippen molar-refractivity contribution < 1.29 is 27.3 Å². The normalized spacial score (nSPS) is 9.57. The summed E-state index contributed by atoms with van der Waals surface area (Å²) in [4.78, 5) is 3.78. The van der Waals surface area contributed by atoms with E-state index in [-0.39, 0.29) is 28.6 Å². The Labute approximate surface area is 144 Å². The van der Waals surface area contributed by atoms with E-state index in [1.165, 1.54) is 12.1 Å². The topological polar surface area (TPSA) is 78.1 Å². The van der Waals surface area contributed by atoms with Gasteiger partial charge in [0.2, 0.25) is 0 Å². The summed E-state index contributed by atoms with van der Waals surface area (Å²) in [5, 5.41) is 26.6. The molecule has 0 atom stereocenters. The second-order valence-electron chi connectivity index (χ2n) is 4.20. The number of pyridine rings is 1. The number of para-hydroxylation sites is 2. The summed E-state index contributed by atoms with van der Waals surface area (Å²) in [5.41, 5.74) is 0.733. The number of aromatic hydroxyl groups is 2. The number of phenolic OH excluding ortho intramolecular Hbond substituents is 2. The first-order valence-corrected chi connectivity index (χ1v) is 6.60. The molecule has 0 aliphatic rings. The molecule has 2 N–H and O–H groups in total. The first kappa shape index (κ1) is 18.4. The van der Waals surface area contributed by atoms with Crippen LogP contribution in [0.15, 0.2) is 89.4 Å². The number of rotatable bonds is 2. The number of hydrogen-bond donors (Lipinski definition) is 2. The van der Waals surface area contributed by atoms with Crippen molar-refractivity contribution in [3.05, 3.63) is 79.1 Å². The zero-order valence-corrected chi connectivity index (χ0v) is 13.0. The first-order chi connectivity index (χ1) is 10.8. The number of azo groups is 1. The molecule has 1 aromatic heterocycles. The number of benzene rings is 2. The predicted octanol–water partition coefficient (Wildman–Crippen LogP) is 4.59. The summed E-state index contributed by atoms with van der Waals surface area (Å²) in [6.07, 6.45) is 3.50. The summed E-state index contributed by atoms with van der Waals surface area (Å²) in [6.45, 7) is 0. The van der Waals surface area contributed by atoms with Gasteiger partial charge in [0.1, 0.15) is 22.9 Å². The van der Waals surface area contributed by atoms with Crippen molar-refractivity contribution in [3.63, 3.8) is 0 Å². The Bertz CT molecular complexity index is 662. The van der Waals surface area contributed by atoms with Crippen LogP contribution in [0.2, 0.25) is 0 Å². The van der Waals surface area contributed by atoms with Crippen molar-refractivity contribution in [2.75, 3.05) is 0 Å². The van der Waals surface area contributed by atoms with Gasteiger partial charge < -0.3 is 10.2 Å². The molecule has 2 aromatic carbocycles. The molecule has 1 heterocycles. The van der Waals surface area contributed by atoms with Crippen LogP contribution in [0, 0.1) is 0 Å². The molecule has 0 fully saturated rings. The van der Waals surface area contributed by atoms with Crippen molar-refractivity contribution in [1.82, 2.24) is 4.98 Å². The second kappa shape index (κ2) is 10.1. The quantitative estimate of drug-likeness (QED) is 0.520. The van der Waals surface area contributed by atoms with Crippen molar-refractivity contribution >= 4 is 11.4 Å². The zero-order chi connectivity index (χ0) is 15.6. The second-order valence-corrected chi connectivity index (χ2v) is 4.20. The fourth-order valence-corrected chi connectivity index (χ4v) is 1.52. The van der Waals surface area contributed by atoms with E-state index in [1.807, 2.05) is 18.2 Å². The van der Waals surface area contributed by atoms with Crippen LogP contribution in [-0.2, 0) is 17.1 Å². The van der Waals surface area contributed by atoms with Gasteiger partial charge in [-0.3, -0.25) is 4.98 Å². The molecule has 121 valence electrons. The molecule has 0 aliphatic carbocycles. The molecule has 1 radical (unpaired) electrons. The number of nitrogens with zero attached hydrogens (tertiary/aromatic N) is 3. The van der Waals surface area contributed by atoms with Gasteiger partial charge in [-0.25, -0.2) is 0 Å². The molecule has 3 rings (SSSR count). The Morgan fingerprint density at radius 3 is 1.35 bits per heavy atom. The molecule has 0 unspecified atom stereocenters. The average molecular weight is 357 g/mol. The summed E-state index contributed by atoms with van der Waals surface area (Å²) in [6, 6.07) is 18.9. The van der Waals surface area contributed by atoms with E-state index >= 15 is 0 Å². The molecule has 23 heavy (non-hydrogen) atoms. The summed E-state index contributed by atoms with van der Waals surface area (Å²) in [7, 11) is 0. The number of aromatic nitrogens is 1. The molecule has 0 amide bonds. The third kappa shape index (κ3) is 6.30. The minimum absolute atomic E-state index is 0. The Balaban J connectivity index is 0.000000320. The van der Waals surface area contributed by atoms with Gasteiger partial charge in [-0.05, 0) is 36.4 Å². The van der Waals surface area contributed by atoms with Gasteiger partial charge in [-0.15, -0.1) is 10.2 Å². The van der Waals surface area contributed by atoms with E-state index in [0.717, 1.165) is 0 Å². The van der Waals surface area contributed by atoms with Crippen molar-refractivity contribution in [3.8, 4) is 11.5 Å². The number of phenols is 2. The van der Waals surface area contributed by atoms with E-state index in [0.29, 0.717) is 11.4 Å². The van der Waals surface area contributed by atoms with E-state index < -0.39 is 0 Å². The maximum Gasteiger partial charge on any atom is 0.143 e. The monoisotopic (exact) mass is 356 g/mol. The zero-order valence-electron chi connectivity index (χ0n) is 12.0. The third-order valence-electron chi connectivity index (χ3n) is 2.60. The third-order valence-corrected chi connectivity index (χ3v) is 2.60. The molecule has 0 spiro atoms. The van der Waals surface area contributed by atoms with Gasteiger partial charge in [0.05, 0.1) is 0 Å². The van der Waals surface area contributed by atoms with Gasteiger partial charge >= 0.3 is 0 Å². The largest absolute Gasteiger partial charge is 0.506 e. The Morgan fingerprint density at radius 2 is 1.04 bits per heavy atom. The molecular formula is C17H15CuN3O2. The Morgan fingerprint density at radius 1 is 0.609 bits per heavy atom. The maximum atomic E-state index is 9.44. The van der Waals surface area contributed by atoms with Gasteiger partial charge in [-0.1, -0.05) is 30.3 Å². The Kier molecular flexibility index (Phi) is 8.07. The van der Waals surface area contributed by atoms with E-state index in [1.54, 1.807) is 48.8 Å². The molecule has 3 aromatic rings. The van der Waals surface area contributed by atoms with Gasteiger partial charge in [-0.2, -0.15) is 0 Å². The summed E-state index contributed by atoms with van der Waals surface area (Å²) >= 11 is 0. The van der Waals surface area contributed by atoms with Crippen molar-refractivity contribution in [2.45, 2.75) is 0 Å². The summed E-state index contributed by atoms with van der Waals surface area (Å²) < 4.78 is 0. The van der Waals surface area contributed by atoms with Crippen LogP contribution in [0.3, 0.4) is 0 Å². The summed E-state index contributed by atoms with van der Waals surface area (Å²) in [5.74, 6) is 0.114. The van der Waals surface area contributed by atoms with Gasteiger partial charge in [0.15, 0.2) is 0 Å². The van der Waals surface area contributed by atoms with Crippen LogP contribution in [0.25, 0.3) is 0 Å². The standard InChI is InChI=1S/C12H10N2O2.C5H5N.Cu/c15-11-7-3-1-5-9(11)13-14-10-6-2-4-8-12(10)16;1-2-4-6-5-3-1;/h1-8,15-16H;1-5H;. The van der Waals surface area contributed by atoms with E-state index in [4.69, 9.17) is 0 Å². The van der Waals surface area contributed by atoms with Crippen LogP contribution in [0.5, 0.6) is 11.5 Å². The molecule has 0 aliphatic heterocycles.